The Morgan fingerprint density at radius 1 is 0.574 bits per heavy atom. The van der Waals surface area contributed by atoms with Crippen molar-refractivity contribution in [3.05, 3.63) is 199 Å². The summed E-state index contributed by atoms with van der Waals surface area (Å²) in [6.45, 7) is 13.1. The minimum absolute atomic E-state index is 0.0501. The minimum Gasteiger partial charge on any atom is -0.458 e. The standard InChI is InChI=1S/C56H48N4O/c1-55(2,3)40-20-14-19-39(33-40)46-25-16-24-45(38-17-8-7-9-18-38)54(46)59-37-58(50-27-12-13-28-51(50)59)42-21-15-22-43(35-42)61-44-29-30-48-47-23-10-11-26-49(47)60(52(48)36-44)53-34-41(31-32-57-53)56(4,5)6/h7-36H,1-6H3/i7D,8D,9D,17D,18D. The molecule has 61 heavy (non-hydrogen) atoms. The number of pyridine rings is 1. The van der Waals surface area contributed by atoms with Gasteiger partial charge in [-0.1, -0.05) is 163 Å². The van der Waals surface area contributed by atoms with Crippen LogP contribution in [-0.2, 0) is 10.8 Å². The molecule has 5 heteroatoms. The van der Waals surface area contributed by atoms with Crippen LogP contribution in [0.25, 0.3) is 72.3 Å². The van der Waals surface area contributed by atoms with Crippen LogP contribution >= 0.6 is 0 Å². The van der Waals surface area contributed by atoms with E-state index in [1.165, 1.54) is 5.56 Å². The van der Waals surface area contributed by atoms with E-state index in [-0.39, 0.29) is 28.5 Å². The molecule has 0 atom stereocenters. The Labute approximate surface area is 364 Å². The highest BCUT2D eigenvalue weighted by Gasteiger charge is 2.22. The highest BCUT2D eigenvalue weighted by Crippen LogP contribution is 2.38. The van der Waals surface area contributed by atoms with Gasteiger partial charge in [-0.25, -0.2) is 4.98 Å². The van der Waals surface area contributed by atoms with E-state index in [2.05, 4.69) is 119 Å². The predicted octanol–water partition coefficient (Wildman–Crippen LogP) is 13.9. The summed E-state index contributed by atoms with van der Waals surface area (Å²) in [6.07, 6.45) is 5.53. The summed E-state index contributed by atoms with van der Waals surface area (Å²) in [4.78, 5) is 4.85. The molecule has 7 aromatic carbocycles. The third-order valence-electron chi connectivity index (χ3n) is 11.4. The summed E-state index contributed by atoms with van der Waals surface area (Å²) in [7, 11) is 0. The molecule has 10 rings (SSSR count). The van der Waals surface area contributed by atoms with Crippen molar-refractivity contribution < 1.29 is 16.2 Å². The SMILES string of the molecule is [2H]c1c([2H])c([2H])c(-c2cccc(-c3cccc(C(C)(C)C)c3)c2-[n+]2[c-]n(-c3cccc(Oc4ccc5c6ccccc6n(-c6cc(C(C)(C)C)ccn6)c5c4)c3)c3ccccc32)c([2H])c1[2H]. The monoisotopic (exact) mass is 797 g/mol. The normalized spacial score (nSPS) is 13.2. The van der Waals surface area contributed by atoms with Crippen molar-refractivity contribution in [2.24, 2.45) is 0 Å². The van der Waals surface area contributed by atoms with E-state index < -0.39 is 18.1 Å². The molecule has 0 aliphatic rings. The Kier molecular flexibility index (Phi) is 7.90. The maximum Gasteiger partial charge on any atom is 0.269 e. The van der Waals surface area contributed by atoms with Gasteiger partial charge in [0.25, 0.3) is 6.33 Å². The number of rotatable bonds is 7. The Morgan fingerprint density at radius 3 is 2.05 bits per heavy atom. The van der Waals surface area contributed by atoms with Gasteiger partial charge in [-0.15, -0.1) is 0 Å². The van der Waals surface area contributed by atoms with Gasteiger partial charge in [-0.3, -0.25) is 13.7 Å². The van der Waals surface area contributed by atoms with Crippen LogP contribution in [0.15, 0.2) is 182 Å². The predicted molar refractivity (Wildman–Crippen MR) is 251 cm³/mol. The molecule has 10 aromatic rings. The molecule has 0 bridgehead atoms. The van der Waals surface area contributed by atoms with Crippen molar-refractivity contribution in [1.29, 1.82) is 0 Å². The molecule has 0 radical (unpaired) electrons. The minimum atomic E-state index is -0.438. The van der Waals surface area contributed by atoms with Gasteiger partial charge in [0, 0.05) is 23.0 Å². The number of para-hydroxylation sites is 4. The van der Waals surface area contributed by atoms with Crippen LogP contribution in [0, 0.1) is 6.33 Å². The maximum absolute atomic E-state index is 9.08. The molecule has 3 aromatic heterocycles. The molecule has 0 aliphatic carbocycles. The van der Waals surface area contributed by atoms with E-state index in [0.29, 0.717) is 22.7 Å². The number of nitrogens with zero attached hydrogens (tertiary/aromatic N) is 4. The lowest BCUT2D eigenvalue weighted by molar-refractivity contribution is -0.571. The van der Waals surface area contributed by atoms with Gasteiger partial charge >= 0.3 is 0 Å². The molecule has 3 heterocycles. The summed E-state index contributed by atoms with van der Waals surface area (Å²) in [5.41, 5.74) is 9.61. The van der Waals surface area contributed by atoms with Crippen molar-refractivity contribution in [1.82, 2.24) is 14.1 Å². The molecule has 0 N–H and O–H groups in total. The summed E-state index contributed by atoms with van der Waals surface area (Å²) in [5.74, 6) is 2.13. The van der Waals surface area contributed by atoms with Gasteiger partial charge in [-0.05, 0) is 92.7 Å². The fraction of sp³-hybridized carbons (Fsp3) is 0.143. The first-order valence-electron chi connectivity index (χ1n) is 23.1. The topological polar surface area (TPSA) is 35.9 Å². The van der Waals surface area contributed by atoms with Crippen LogP contribution in [-0.4, -0.2) is 14.1 Å². The number of hydrogen-bond donors (Lipinski definition) is 0. The quantitative estimate of drug-likeness (QED) is 0.119. The molecule has 0 fully saturated rings. The van der Waals surface area contributed by atoms with E-state index >= 15 is 0 Å². The average Bonchev–Trinajstić information content (AvgIpc) is 3.86. The van der Waals surface area contributed by atoms with Crippen LogP contribution in [0.3, 0.4) is 0 Å². The molecular formula is C56H48N4O. The summed E-state index contributed by atoms with van der Waals surface area (Å²) in [5, 5.41) is 2.23. The van der Waals surface area contributed by atoms with Gasteiger partial charge in [-0.2, -0.15) is 0 Å². The fourth-order valence-electron chi connectivity index (χ4n) is 8.26. The van der Waals surface area contributed by atoms with Gasteiger partial charge in [0.15, 0.2) is 0 Å². The first-order chi connectivity index (χ1) is 31.6. The molecule has 298 valence electrons. The van der Waals surface area contributed by atoms with Gasteiger partial charge in [0.1, 0.15) is 17.3 Å². The van der Waals surface area contributed by atoms with Crippen molar-refractivity contribution in [3.8, 4) is 50.9 Å². The first kappa shape index (κ1) is 32.6. The second kappa shape index (κ2) is 14.8. The average molecular weight is 798 g/mol. The molecular weight excluding hydrogens is 745 g/mol. The summed E-state index contributed by atoms with van der Waals surface area (Å²) < 4.78 is 56.6. The number of aromatic nitrogens is 4. The van der Waals surface area contributed by atoms with E-state index in [9.17, 15) is 0 Å². The smallest absolute Gasteiger partial charge is 0.269 e. The lowest BCUT2D eigenvalue weighted by Gasteiger charge is -2.21. The number of imidazole rings is 1. The largest absolute Gasteiger partial charge is 0.458 e. The van der Waals surface area contributed by atoms with Crippen molar-refractivity contribution >= 4 is 32.8 Å². The Morgan fingerprint density at radius 2 is 1.25 bits per heavy atom. The summed E-state index contributed by atoms with van der Waals surface area (Å²) >= 11 is 0. The maximum atomic E-state index is 9.08. The van der Waals surface area contributed by atoms with E-state index in [1.807, 2.05) is 94.2 Å². The molecule has 0 saturated heterocycles. The highest BCUT2D eigenvalue weighted by atomic mass is 16.5. The lowest BCUT2D eigenvalue weighted by Crippen LogP contribution is -2.31. The number of fused-ring (bicyclic) bond motifs is 4. The fourth-order valence-corrected chi connectivity index (χ4v) is 8.26. The zero-order valence-corrected chi connectivity index (χ0v) is 35.1. The van der Waals surface area contributed by atoms with Crippen LogP contribution in [0.1, 0.15) is 59.5 Å². The van der Waals surface area contributed by atoms with Crippen molar-refractivity contribution in [2.75, 3.05) is 0 Å². The zero-order chi connectivity index (χ0) is 46.2. The van der Waals surface area contributed by atoms with Crippen LogP contribution in [0.4, 0.5) is 0 Å². The van der Waals surface area contributed by atoms with Gasteiger partial charge < -0.3 is 4.74 Å². The number of benzene rings is 7. The van der Waals surface area contributed by atoms with Crippen molar-refractivity contribution in [3.63, 3.8) is 0 Å². The third-order valence-corrected chi connectivity index (χ3v) is 11.4. The second-order valence-electron chi connectivity index (χ2n) is 17.6. The Hall–Kier alpha value is -7.24. The van der Waals surface area contributed by atoms with Crippen LogP contribution in [0.5, 0.6) is 11.5 Å². The number of ether oxygens (including phenoxy) is 1. The molecule has 0 spiro atoms. The third kappa shape index (κ3) is 6.96. The Bertz CT molecular complexity index is 3530. The molecule has 0 saturated carbocycles. The molecule has 5 nitrogen and oxygen atoms in total. The van der Waals surface area contributed by atoms with Crippen molar-refractivity contribution in [2.45, 2.75) is 52.4 Å². The van der Waals surface area contributed by atoms with Crippen LogP contribution in [0.2, 0.25) is 0 Å². The van der Waals surface area contributed by atoms with E-state index in [0.717, 1.165) is 61.0 Å². The number of hydrogen-bond acceptors (Lipinski definition) is 2. The first-order valence-corrected chi connectivity index (χ1v) is 20.6. The van der Waals surface area contributed by atoms with Gasteiger partial charge in [0.2, 0.25) is 0 Å². The molecule has 0 amide bonds. The molecule has 0 unspecified atom stereocenters. The van der Waals surface area contributed by atoms with Gasteiger partial charge in [0.05, 0.1) is 40.3 Å². The lowest BCUT2D eigenvalue weighted by atomic mass is 9.85. The van der Waals surface area contributed by atoms with Crippen LogP contribution < -0.4 is 9.30 Å². The summed E-state index contributed by atoms with van der Waals surface area (Å²) in [6, 6.07) is 47.0. The second-order valence-corrected chi connectivity index (χ2v) is 17.6. The molecule has 0 aliphatic heterocycles. The van der Waals surface area contributed by atoms with E-state index in [4.69, 9.17) is 16.6 Å². The highest BCUT2D eigenvalue weighted by molar-refractivity contribution is 6.09. The zero-order valence-electron chi connectivity index (χ0n) is 40.1. The van der Waals surface area contributed by atoms with E-state index in [1.54, 1.807) is 0 Å². The Balaban J connectivity index is 1.13.